The highest BCUT2D eigenvalue weighted by Gasteiger charge is 2.33. The van der Waals surface area contributed by atoms with Crippen molar-refractivity contribution in [3.05, 3.63) is 53.6 Å². The number of piperazine rings is 1. The molecule has 0 radical (unpaired) electrons. The number of para-hydroxylation sites is 1. The van der Waals surface area contributed by atoms with Crippen molar-refractivity contribution in [2.75, 3.05) is 44.7 Å². The molecule has 4 rings (SSSR count). The standard InChI is InChI=1S/C22H24F3N3O3/c1-27-9-11-28(12-10-27)18-6-4-8-19-17(18)13-15(14-30-19)26-21(29)16-5-2-3-7-20(16)31-22(23,24)25/h2-8,15H,9-14H2,1H3,(H,26,29). The predicted molar refractivity (Wildman–Crippen MR) is 110 cm³/mol. The molecule has 0 aliphatic carbocycles. The number of amides is 1. The Morgan fingerprint density at radius 1 is 1.10 bits per heavy atom. The molecule has 2 aliphatic heterocycles. The van der Waals surface area contributed by atoms with Crippen LogP contribution in [0.4, 0.5) is 18.9 Å². The summed E-state index contributed by atoms with van der Waals surface area (Å²) >= 11 is 0. The molecule has 0 aromatic heterocycles. The third-order valence-corrected chi connectivity index (χ3v) is 5.54. The van der Waals surface area contributed by atoms with E-state index in [4.69, 9.17) is 4.74 Å². The second-order valence-corrected chi connectivity index (χ2v) is 7.77. The molecule has 1 atom stereocenters. The number of benzene rings is 2. The first kappa shape index (κ1) is 21.3. The Kier molecular flexibility index (Phi) is 5.95. The molecular formula is C22H24F3N3O3. The van der Waals surface area contributed by atoms with Crippen LogP contribution in [0.2, 0.25) is 0 Å². The van der Waals surface area contributed by atoms with Crippen LogP contribution in [-0.2, 0) is 6.42 Å². The lowest BCUT2D eigenvalue weighted by Crippen LogP contribution is -2.46. The minimum absolute atomic E-state index is 0.169. The van der Waals surface area contributed by atoms with Gasteiger partial charge < -0.3 is 24.6 Å². The fourth-order valence-corrected chi connectivity index (χ4v) is 3.96. The Bertz CT molecular complexity index is 943. The van der Waals surface area contributed by atoms with Gasteiger partial charge in [-0.2, -0.15) is 0 Å². The first-order chi connectivity index (χ1) is 14.8. The van der Waals surface area contributed by atoms with E-state index in [2.05, 4.69) is 26.9 Å². The smallest absolute Gasteiger partial charge is 0.491 e. The van der Waals surface area contributed by atoms with E-state index >= 15 is 0 Å². The number of likely N-dealkylation sites (N-methyl/N-ethyl adjacent to an activating group) is 1. The van der Waals surface area contributed by atoms with Crippen molar-refractivity contribution >= 4 is 11.6 Å². The molecule has 1 unspecified atom stereocenters. The molecule has 6 nitrogen and oxygen atoms in total. The summed E-state index contributed by atoms with van der Waals surface area (Å²) in [5, 5.41) is 2.80. The van der Waals surface area contributed by atoms with Crippen molar-refractivity contribution in [3.63, 3.8) is 0 Å². The number of alkyl halides is 3. The third kappa shape index (κ3) is 5.04. The molecule has 2 aromatic carbocycles. The SMILES string of the molecule is CN1CCN(c2cccc3c2CC(NC(=O)c2ccccc2OC(F)(F)F)CO3)CC1. The maximum atomic E-state index is 12.7. The summed E-state index contributed by atoms with van der Waals surface area (Å²) in [6.07, 6.45) is -4.34. The van der Waals surface area contributed by atoms with Crippen molar-refractivity contribution < 1.29 is 27.4 Å². The Morgan fingerprint density at radius 2 is 1.84 bits per heavy atom. The van der Waals surface area contributed by atoms with Crippen molar-refractivity contribution in [1.29, 1.82) is 0 Å². The van der Waals surface area contributed by atoms with E-state index in [1.165, 1.54) is 18.2 Å². The van der Waals surface area contributed by atoms with Crippen molar-refractivity contribution in [2.24, 2.45) is 0 Å². The minimum atomic E-state index is -4.87. The number of nitrogens with one attached hydrogen (secondary N) is 1. The Hall–Kier alpha value is -2.94. The summed E-state index contributed by atoms with van der Waals surface area (Å²) in [5.74, 6) is -0.375. The molecule has 1 amide bonds. The molecular weight excluding hydrogens is 411 g/mol. The minimum Gasteiger partial charge on any atom is -0.491 e. The van der Waals surface area contributed by atoms with Gasteiger partial charge in [0.15, 0.2) is 0 Å². The second kappa shape index (κ2) is 8.66. The van der Waals surface area contributed by atoms with E-state index in [1.54, 1.807) is 0 Å². The van der Waals surface area contributed by atoms with E-state index in [-0.39, 0.29) is 18.2 Å². The second-order valence-electron chi connectivity index (χ2n) is 7.77. The van der Waals surface area contributed by atoms with Gasteiger partial charge in [-0.25, -0.2) is 0 Å². The summed E-state index contributed by atoms with van der Waals surface area (Å²) < 4.78 is 47.9. The molecule has 1 N–H and O–H groups in total. The van der Waals surface area contributed by atoms with Crippen LogP contribution < -0.4 is 19.7 Å². The van der Waals surface area contributed by atoms with Crippen molar-refractivity contribution in [2.45, 2.75) is 18.8 Å². The third-order valence-electron chi connectivity index (χ3n) is 5.54. The number of anilines is 1. The monoisotopic (exact) mass is 435 g/mol. The van der Waals surface area contributed by atoms with Crippen LogP contribution in [0.15, 0.2) is 42.5 Å². The van der Waals surface area contributed by atoms with Crippen LogP contribution in [-0.4, -0.2) is 63.0 Å². The Morgan fingerprint density at radius 3 is 2.58 bits per heavy atom. The maximum Gasteiger partial charge on any atom is 0.573 e. The van der Waals surface area contributed by atoms with E-state index in [9.17, 15) is 18.0 Å². The van der Waals surface area contributed by atoms with Crippen LogP contribution in [0.25, 0.3) is 0 Å². The lowest BCUT2D eigenvalue weighted by Gasteiger charge is -2.37. The summed E-state index contributed by atoms with van der Waals surface area (Å²) in [6.45, 7) is 3.95. The normalized spacial score (nSPS) is 19.4. The first-order valence-electron chi connectivity index (χ1n) is 10.1. The molecule has 2 aromatic rings. The zero-order valence-electron chi connectivity index (χ0n) is 17.1. The summed E-state index contributed by atoms with van der Waals surface area (Å²) in [7, 11) is 2.09. The maximum absolute atomic E-state index is 12.7. The van der Waals surface area contributed by atoms with Gasteiger partial charge in [-0.3, -0.25) is 4.79 Å². The van der Waals surface area contributed by atoms with E-state index < -0.39 is 18.0 Å². The van der Waals surface area contributed by atoms with E-state index in [0.29, 0.717) is 6.42 Å². The average molecular weight is 435 g/mol. The Balaban J connectivity index is 1.49. The van der Waals surface area contributed by atoms with Gasteiger partial charge in [0.1, 0.15) is 18.1 Å². The number of carbonyl (C=O) groups excluding carboxylic acids is 1. The number of carbonyl (C=O) groups is 1. The molecule has 166 valence electrons. The highest BCUT2D eigenvalue weighted by molar-refractivity contribution is 5.97. The van der Waals surface area contributed by atoms with Gasteiger partial charge in [0, 0.05) is 43.9 Å². The first-order valence-corrected chi connectivity index (χ1v) is 10.1. The number of hydrogen-bond acceptors (Lipinski definition) is 5. The van der Waals surface area contributed by atoms with Crippen LogP contribution in [0.1, 0.15) is 15.9 Å². The number of hydrogen-bond donors (Lipinski definition) is 1. The fourth-order valence-electron chi connectivity index (χ4n) is 3.96. The molecule has 1 saturated heterocycles. The Labute approximate surface area is 178 Å². The number of nitrogens with zero attached hydrogens (tertiary/aromatic N) is 2. The van der Waals surface area contributed by atoms with Crippen LogP contribution in [0.5, 0.6) is 11.5 Å². The van der Waals surface area contributed by atoms with E-state index in [0.717, 1.165) is 49.2 Å². The van der Waals surface area contributed by atoms with Gasteiger partial charge in [0.25, 0.3) is 5.91 Å². The number of ether oxygens (including phenoxy) is 2. The largest absolute Gasteiger partial charge is 0.573 e. The lowest BCUT2D eigenvalue weighted by molar-refractivity contribution is -0.274. The van der Waals surface area contributed by atoms with Gasteiger partial charge in [-0.1, -0.05) is 18.2 Å². The molecule has 0 spiro atoms. The highest BCUT2D eigenvalue weighted by Crippen LogP contribution is 2.34. The molecule has 0 saturated carbocycles. The van der Waals surface area contributed by atoms with Crippen LogP contribution in [0.3, 0.4) is 0 Å². The highest BCUT2D eigenvalue weighted by atomic mass is 19.4. The number of halogens is 3. The molecule has 9 heteroatoms. The van der Waals surface area contributed by atoms with Gasteiger partial charge in [-0.05, 0) is 31.3 Å². The molecule has 0 bridgehead atoms. The van der Waals surface area contributed by atoms with Crippen LogP contribution >= 0.6 is 0 Å². The van der Waals surface area contributed by atoms with E-state index in [1.807, 2.05) is 18.2 Å². The number of fused-ring (bicyclic) bond motifs is 1. The number of rotatable bonds is 4. The van der Waals surface area contributed by atoms with Crippen LogP contribution in [0, 0.1) is 0 Å². The van der Waals surface area contributed by atoms with Gasteiger partial charge in [-0.15, -0.1) is 13.2 Å². The topological polar surface area (TPSA) is 54.0 Å². The molecule has 31 heavy (non-hydrogen) atoms. The van der Waals surface area contributed by atoms with Crippen molar-refractivity contribution in [1.82, 2.24) is 10.2 Å². The van der Waals surface area contributed by atoms with Gasteiger partial charge >= 0.3 is 6.36 Å². The predicted octanol–water partition coefficient (Wildman–Crippen LogP) is 3.07. The lowest BCUT2D eigenvalue weighted by atomic mass is 9.99. The molecule has 2 aliphatic rings. The fraction of sp³-hybridized carbons (Fsp3) is 0.409. The summed E-state index contributed by atoms with van der Waals surface area (Å²) in [4.78, 5) is 17.3. The molecule has 1 fully saturated rings. The quantitative estimate of drug-likeness (QED) is 0.800. The molecule has 2 heterocycles. The van der Waals surface area contributed by atoms with Crippen molar-refractivity contribution in [3.8, 4) is 11.5 Å². The van der Waals surface area contributed by atoms with Gasteiger partial charge in [0.05, 0.1) is 11.6 Å². The summed E-state index contributed by atoms with van der Waals surface area (Å²) in [6, 6.07) is 10.9. The zero-order valence-corrected chi connectivity index (χ0v) is 17.1. The zero-order chi connectivity index (χ0) is 22.0. The average Bonchev–Trinajstić information content (AvgIpc) is 2.73. The summed E-state index contributed by atoms with van der Waals surface area (Å²) in [5.41, 5.74) is 1.91. The van der Waals surface area contributed by atoms with Gasteiger partial charge in [0.2, 0.25) is 0 Å².